The van der Waals surface area contributed by atoms with Crippen LogP contribution in [0.1, 0.15) is 10.5 Å². The van der Waals surface area contributed by atoms with Crippen molar-refractivity contribution in [3.8, 4) is 11.4 Å². The van der Waals surface area contributed by atoms with Crippen molar-refractivity contribution in [2.24, 2.45) is 0 Å². The number of nitrogens with zero attached hydrogens (tertiary/aromatic N) is 3. The molecule has 2 aromatic carbocycles. The summed E-state index contributed by atoms with van der Waals surface area (Å²) in [6.07, 6.45) is 1.70. The lowest BCUT2D eigenvalue weighted by atomic mass is 10.2. The van der Waals surface area contributed by atoms with Crippen molar-refractivity contribution in [1.82, 2.24) is 15.0 Å². The number of ether oxygens (including phenoxy) is 1. The van der Waals surface area contributed by atoms with E-state index in [1.165, 1.54) is 0 Å². The Bertz CT molecular complexity index is 1160. The molecule has 7 heteroatoms. The molecule has 30 heavy (non-hydrogen) atoms. The Morgan fingerprint density at radius 3 is 2.67 bits per heavy atom. The van der Waals surface area contributed by atoms with Crippen LogP contribution in [0.2, 0.25) is 0 Å². The molecule has 0 fully saturated rings. The summed E-state index contributed by atoms with van der Waals surface area (Å²) in [4.78, 5) is 26.5. The van der Waals surface area contributed by atoms with Gasteiger partial charge in [-0.2, -0.15) is 0 Å². The fraction of sp³-hybridized carbons (Fsp3) is 0.130. The highest BCUT2D eigenvalue weighted by atomic mass is 16.5. The molecule has 0 aliphatic carbocycles. The third-order valence-electron chi connectivity index (χ3n) is 4.48. The van der Waals surface area contributed by atoms with Crippen LogP contribution in [-0.4, -0.2) is 41.1 Å². The standard InChI is InChI=1S/C23H21N5O2/c1-30-14-13-24-20-15-19(26-22(28-20)17-7-3-2-4-8-17)23(29)27-18-11-5-9-16-10-6-12-25-21(16)18/h2-12,15H,13-14H2,1H3,(H,27,29)(H,24,26,28). The first kappa shape index (κ1) is 19.5. The number of hydrogen-bond donors (Lipinski definition) is 2. The molecule has 0 aliphatic rings. The van der Waals surface area contributed by atoms with Crippen molar-refractivity contribution >= 4 is 28.3 Å². The molecular formula is C23H21N5O2. The third kappa shape index (κ3) is 4.42. The second kappa shape index (κ2) is 9.11. The predicted molar refractivity (Wildman–Crippen MR) is 118 cm³/mol. The second-order valence-electron chi connectivity index (χ2n) is 6.58. The summed E-state index contributed by atoms with van der Waals surface area (Å²) in [6, 6.07) is 20.7. The van der Waals surface area contributed by atoms with Crippen molar-refractivity contribution in [1.29, 1.82) is 0 Å². The number of benzene rings is 2. The zero-order chi connectivity index (χ0) is 20.8. The highest BCUT2D eigenvalue weighted by molar-refractivity contribution is 6.07. The number of anilines is 2. The quantitative estimate of drug-likeness (QED) is 0.457. The normalized spacial score (nSPS) is 10.7. The molecule has 0 bridgehead atoms. The monoisotopic (exact) mass is 399 g/mol. The van der Waals surface area contributed by atoms with Gasteiger partial charge in [0.25, 0.3) is 5.91 Å². The lowest BCUT2D eigenvalue weighted by Crippen LogP contribution is -2.17. The molecule has 0 saturated carbocycles. The van der Waals surface area contributed by atoms with Crippen LogP contribution in [0.15, 0.2) is 72.9 Å². The van der Waals surface area contributed by atoms with E-state index in [0.717, 1.165) is 16.5 Å². The number of amides is 1. The van der Waals surface area contributed by atoms with Crippen LogP contribution in [0.5, 0.6) is 0 Å². The molecule has 4 aromatic rings. The van der Waals surface area contributed by atoms with Crippen molar-refractivity contribution < 1.29 is 9.53 Å². The molecule has 0 aliphatic heterocycles. The minimum absolute atomic E-state index is 0.261. The number of methoxy groups -OCH3 is 1. The molecule has 0 radical (unpaired) electrons. The number of pyridine rings is 1. The van der Waals surface area contributed by atoms with Crippen LogP contribution in [0, 0.1) is 0 Å². The highest BCUT2D eigenvalue weighted by Gasteiger charge is 2.15. The van der Waals surface area contributed by atoms with E-state index in [0.29, 0.717) is 30.5 Å². The van der Waals surface area contributed by atoms with Gasteiger partial charge in [-0.15, -0.1) is 0 Å². The van der Waals surface area contributed by atoms with Crippen molar-refractivity contribution in [3.05, 3.63) is 78.6 Å². The van der Waals surface area contributed by atoms with Crippen LogP contribution < -0.4 is 10.6 Å². The van der Waals surface area contributed by atoms with Crippen LogP contribution in [0.3, 0.4) is 0 Å². The molecule has 7 nitrogen and oxygen atoms in total. The minimum Gasteiger partial charge on any atom is -0.383 e. The summed E-state index contributed by atoms with van der Waals surface area (Å²) in [6.45, 7) is 1.09. The SMILES string of the molecule is COCCNc1cc(C(=O)Nc2cccc3cccnc23)nc(-c2ccccc2)n1. The summed E-state index contributed by atoms with van der Waals surface area (Å²) < 4.78 is 5.08. The van der Waals surface area contributed by atoms with Gasteiger partial charge in [0.15, 0.2) is 5.82 Å². The van der Waals surface area contributed by atoms with E-state index in [4.69, 9.17) is 4.74 Å². The van der Waals surface area contributed by atoms with E-state index in [-0.39, 0.29) is 11.6 Å². The van der Waals surface area contributed by atoms with Gasteiger partial charge in [0, 0.05) is 36.9 Å². The van der Waals surface area contributed by atoms with E-state index < -0.39 is 0 Å². The molecule has 0 saturated heterocycles. The predicted octanol–water partition coefficient (Wildman–Crippen LogP) is 4.00. The Morgan fingerprint density at radius 1 is 1.00 bits per heavy atom. The van der Waals surface area contributed by atoms with E-state index >= 15 is 0 Å². The van der Waals surface area contributed by atoms with Crippen LogP contribution in [0.4, 0.5) is 11.5 Å². The number of rotatable bonds is 7. The first-order chi connectivity index (χ1) is 14.7. The number of para-hydroxylation sites is 1. The summed E-state index contributed by atoms with van der Waals surface area (Å²) in [5.74, 6) is 0.698. The zero-order valence-electron chi connectivity index (χ0n) is 16.5. The fourth-order valence-corrected chi connectivity index (χ4v) is 3.04. The van der Waals surface area contributed by atoms with Gasteiger partial charge < -0.3 is 15.4 Å². The third-order valence-corrected chi connectivity index (χ3v) is 4.48. The molecule has 2 heterocycles. The molecule has 4 rings (SSSR count). The van der Waals surface area contributed by atoms with Crippen LogP contribution in [0.25, 0.3) is 22.3 Å². The number of fused-ring (bicyclic) bond motifs is 1. The van der Waals surface area contributed by atoms with Gasteiger partial charge in [-0.05, 0) is 12.1 Å². The summed E-state index contributed by atoms with van der Waals surface area (Å²) in [5.41, 5.74) is 2.45. The van der Waals surface area contributed by atoms with Crippen LogP contribution >= 0.6 is 0 Å². The maximum absolute atomic E-state index is 13.0. The Kier molecular flexibility index (Phi) is 5.91. The molecule has 150 valence electrons. The van der Waals surface area contributed by atoms with Gasteiger partial charge in [0.1, 0.15) is 11.5 Å². The van der Waals surface area contributed by atoms with E-state index in [1.54, 1.807) is 19.4 Å². The molecular weight excluding hydrogens is 378 g/mol. The Hall–Kier alpha value is -3.84. The van der Waals surface area contributed by atoms with E-state index in [1.807, 2.05) is 60.7 Å². The molecule has 1 amide bonds. The van der Waals surface area contributed by atoms with Crippen LogP contribution in [-0.2, 0) is 4.74 Å². The smallest absolute Gasteiger partial charge is 0.274 e. The molecule has 0 atom stereocenters. The number of nitrogens with one attached hydrogen (secondary N) is 2. The van der Waals surface area contributed by atoms with Crippen molar-refractivity contribution in [2.45, 2.75) is 0 Å². The Labute approximate surface area is 174 Å². The maximum Gasteiger partial charge on any atom is 0.274 e. The summed E-state index contributed by atoms with van der Waals surface area (Å²) >= 11 is 0. The topological polar surface area (TPSA) is 89.0 Å². The van der Waals surface area contributed by atoms with Gasteiger partial charge in [-0.25, -0.2) is 9.97 Å². The lowest BCUT2D eigenvalue weighted by molar-refractivity contribution is 0.102. The first-order valence-electron chi connectivity index (χ1n) is 9.57. The van der Waals surface area contributed by atoms with Gasteiger partial charge in [-0.3, -0.25) is 9.78 Å². The first-order valence-corrected chi connectivity index (χ1v) is 9.57. The molecule has 2 N–H and O–H groups in total. The molecule has 0 spiro atoms. The summed E-state index contributed by atoms with van der Waals surface area (Å²) in [7, 11) is 1.63. The average molecular weight is 399 g/mol. The zero-order valence-corrected chi connectivity index (χ0v) is 16.5. The lowest BCUT2D eigenvalue weighted by Gasteiger charge is -2.11. The number of aromatic nitrogens is 3. The van der Waals surface area contributed by atoms with E-state index in [9.17, 15) is 4.79 Å². The van der Waals surface area contributed by atoms with Crippen molar-refractivity contribution in [3.63, 3.8) is 0 Å². The Balaban J connectivity index is 1.67. The molecule has 0 unspecified atom stereocenters. The Morgan fingerprint density at radius 2 is 1.83 bits per heavy atom. The molecule has 2 aromatic heterocycles. The average Bonchev–Trinajstić information content (AvgIpc) is 2.80. The highest BCUT2D eigenvalue weighted by Crippen LogP contribution is 2.22. The van der Waals surface area contributed by atoms with Gasteiger partial charge in [0.2, 0.25) is 0 Å². The maximum atomic E-state index is 13.0. The van der Waals surface area contributed by atoms with Gasteiger partial charge in [0.05, 0.1) is 17.8 Å². The largest absolute Gasteiger partial charge is 0.383 e. The van der Waals surface area contributed by atoms with E-state index in [2.05, 4.69) is 25.6 Å². The second-order valence-corrected chi connectivity index (χ2v) is 6.58. The number of carbonyl (C=O) groups is 1. The number of hydrogen-bond acceptors (Lipinski definition) is 6. The van der Waals surface area contributed by atoms with Crippen molar-refractivity contribution in [2.75, 3.05) is 30.9 Å². The summed E-state index contributed by atoms with van der Waals surface area (Å²) in [5, 5.41) is 7.06. The minimum atomic E-state index is -0.331. The van der Waals surface area contributed by atoms with Gasteiger partial charge >= 0.3 is 0 Å². The number of carbonyl (C=O) groups excluding carboxylic acids is 1. The van der Waals surface area contributed by atoms with Gasteiger partial charge in [-0.1, -0.05) is 48.5 Å². The fourth-order valence-electron chi connectivity index (χ4n) is 3.04.